The van der Waals surface area contributed by atoms with Gasteiger partial charge in [-0.1, -0.05) is 0 Å². The van der Waals surface area contributed by atoms with Gasteiger partial charge in [-0.05, 0) is 0 Å². The maximum Gasteiger partial charge on any atom is 0.274 e. The third-order valence-corrected chi connectivity index (χ3v) is 3.20. The zero-order chi connectivity index (χ0) is 14.7. The first-order valence-electron chi connectivity index (χ1n) is 6.49. The van der Waals surface area contributed by atoms with Crippen molar-refractivity contribution in [3.8, 4) is 0 Å². The Morgan fingerprint density at radius 3 is 2.81 bits per heavy atom. The second kappa shape index (κ2) is 5.80. The molecule has 0 spiro atoms. The fourth-order valence-electron chi connectivity index (χ4n) is 2.18. The number of carbonyl (C=O) groups is 1. The molecule has 3 heterocycles. The van der Waals surface area contributed by atoms with Crippen LogP contribution in [0.1, 0.15) is 22.3 Å². The monoisotopic (exact) mass is 286 g/mol. The summed E-state index contributed by atoms with van der Waals surface area (Å²) in [6.45, 7) is 1.26. The quantitative estimate of drug-likeness (QED) is 0.831. The number of hydrogen-bond acceptors (Lipinski definition) is 7. The predicted molar refractivity (Wildman–Crippen MR) is 73.1 cm³/mol. The van der Waals surface area contributed by atoms with Crippen molar-refractivity contribution in [1.82, 2.24) is 24.8 Å². The van der Waals surface area contributed by atoms with Crippen LogP contribution in [0.2, 0.25) is 0 Å². The highest BCUT2D eigenvalue weighted by Crippen LogP contribution is 2.24. The number of nitrogens with two attached hydrogens (primary N) is 1. The number of aromatic nitrogens is 4. The highest BCUT2D eigenvalue weighted by molar-refractivity contribution is 5.92. The van der Waals surface area contributed by atoms with Crippen molar-refractivity contribution in [2.45, 2.75) is 6.10 Å². The van der Waals surface area contributed by atoms with Crippen LogP contribution in [0.4, 0.5) is 5.82 Å². The minimum absolute atomic E-state index is 0.182. The van der Waals surface area contributed by atoms with Crippen LogP contribution in [-0.4, -0.2) is 50.4 Å². The minimum Gasteiger partial charge on any atom is -0.382 e. The predicted octanol–water partition coefficient (Wildman–Crippen LogP) is 0.0625. The first-order valence-corrected chi connectivity index (χ1v) is 6.49. The van der Waals surface area contributed by atoms with E-state index in [0.717, 1.165) is 0 Å². The lowest BCUT2D eigenvalue weighted by Crippen LogP contribution is -2.43. The van der Waals surface area contributed by atoms with Crippen LogP contribution in [0.15, 0.2) is 31.0 Å². The third-order valence-electron chi connectivity index (χ3n) is 3.20. The number of ether oxygens (including phenoxy) is 1. The molecule has 0 aromatic carbocycles. The van der Waals surface area contributed by atoms with Crippen molar-refractivity contribution in [2.24, 2.45) is 0 Å². The number of anilines is 1. The van der Waals surface area contributed by atoms with Gasteiger partial charge >= 0.3 is 0 Å². The standard InChI is InChI=1S/C13H14N6O2/c14-12-11(17-3-4-18-12)10-8-19(5-6-21-10)13(20)9-7-15-1-2-16-9/h1-4,7,10H,5-6,8H2,(H2,14,18). The van der Waals surface area contributed by atoms with Gasteiger partial charge in [0.05, 0.1) is 19.3 Å². The van der Waals surface area contributed by atoms with E-state index in [1.807, 2.05) is 0 Å². The number of rotatable bonds is 2. The number of amides is 1. The lowest BCUT2D eigenvalue weighted by Gasteiger charge is -2.32. The summed E-state index contributed by atoms with van der Waals surface area (Å²) < 4.78 is 5.65. The van der Waals surface area contributed by atoms with E-state index >= 15 is 0 Å². The van der Waals surface area contributed by atoms with Gasteiger partial charge in [0, 0.05) is 31.3 Å². The van der Waals surface area contributed by atoms with Gasteiger partial charge in [-0.2, -0.15) is 0 Å². The topological polar surface area (TPSA) is 107 Å². The van der Waals surface area contributed by atoms with Crippen molar-refractivity contribution < 1.29 is 9.53 Å². The molecule has 0 radical (unpaired) electrons. The van der Waals surface area contributed by atoms with E-state index in [-0.39, 0.29) is 12.0 Å². The van der Waals surface area contributed by atoms with Crippen LogP contribution in [0.3, 0.4) is 0 Å². The molecule has 0 bridgehead atoms. The highest BCUT2D eigenvalue weighted by atomic mass is 16.5. The van der Waals surface area contributed by atoms with E-state index in [1.165, 1.54) is 24.8 Å². The molecule has 2 N–H and O–H groups in total. The minimum atomic E-state index is -0.381. The van der Waals surface area contributed by atoms with Gasteiger partial charge in [0.1, 0.15) is 23.3 Å². The summed E-state index contributed by atoms with van der Waals surface area (Å²) in [6, 6.07) is 0. The number of morpholine rings is 1. The van der Waals surface area contributed by atoms with Gasteiger partial charge in [0.15, 0.2) is 0 Å². The smallest absolute Gasteiger partial charge is 0.274 e. The van der Waals surface area contributed by atoms with Crippen molar-refractivity contribution in [3.05, 3.63) is 42.4 Å². The molecule has 1 atom stereocenters. The van der Waals surface area contributed by atoms with Crippen molar-refractivity contribution in [1.29, 1.82) is 0 Å². The summed E-state index contributed by atoms with van der Waals surface area (Å²) >= 11 is 0. The molecule has 1 unspecified atom stereocenters. The Labute approximate surface area is 121 Å². The Kier molecular flexibility index (Phi) is 3.69. The molecule has 1 saturated heterocycles. The van der Waals surface area contributed by atoms with E-state index in [9.17, 15) is 4.79 Å². The lowest BCUT2D eigenvalue weighted by atomic mass is 10.2. The Morgan fingerprint density at radius 2 is 2.05 bits per heavy atom. The number of hydrogen-bond donors (Lipinski definition) is 1. The van der Waals surface area contributed by atoms with Crippen LogP contribution in [-0.2, 0) is 4.74 Å². The van der Waals surface area contributed by atoms with Crippen LogP contribution in [0.5, 0.6) is 0 Å². The zero-order valence-electron chi connectivity index (χ0n) is 11.2. The molecule has 1 aliphatic heterocycles. The second-order valence-corrected chi connectivity index (χ2v) is 4.53. The van der Waals surface area contributed by atoms with Gasteiger partial charge in [0.25, 0.3) is 5.91 Å². The van der Waals surface area contributed by atoms with Gasteiger partial charge in [0.2, 0.25) is 0 Å². The largest absolute Gasteiger partial charge is 0.382 e. The molecule has 0 saturated carbocycles. The first-order chi connectivity index (χ1) is 10.3. The number of nitrogens with zero attached hydrogens (tertiary/aromatic N) is 5. The Hall–Kier alpha value is -2.61. The average Bonchev–Trinajstić information content (AvgIpc) is 2.55. The Morgan fingerprint density at radius 1 is 1.24 bits per heavy atom. The first kappa shape index (κ1) is 13.4. The van der Waals surface area contributed by atoms with E-state index < -0.39 is 0 Å². The molecular formula is C13H14N6O2. The molecule has 21 heavy (non-hydrogen) atoms. The molecule has 108 valence electrons. The molecule has 0 aliphatic carbocycles. The molecule has 2 aromatic heterocycles. The van der Waals surface area contributed by atoms with E-state index in [1.54, 1.807) is 11.1 Å². The molecule has 2 aromatic rings. The zero-order valence-corrected chi connectivity index (χ0v) is 11.2. The molecule has 1 aliphatic rings. The Balaban J connectivity index is 1.77. The van der Waals surface area contributed by atoms with Crippen molar-refractivity contribution in [3.63, 3.8) is 0 Å². The van der Waals surface area contributed by atoms with E-state index in [2.05, 4.69) is 19.9 Å². The fraction of sp³-hybridized carbons (Fsp3) is 0.308. The molecule has 8 heteroatoms. The van der Waals surface area contributed by atoms with E-state index in [4.69, 9.17) is 10.5 Å². The number of carbonyl (C=O) groups excluding carboxylic acids is 1. The van der Waals surface area contributed by atoms with Gasteiger partial charge in [-0.3, -0.25) is 14.8 Å². The highest BCUT2D eigenvalue weighted by Gasteiger charge is 2.29. The fourth-order valence-corrected chi connectivity index (χ4v) is 2.18. The lowest BCUT2D eigenvalue weighted by molar-refractivity contribution is -0.0247. The van der Waals surface area contributed by atoms with Gasteiger partial charge in [-0.25, -0.2) is 9.97 Å². The van der Waals surface area contributed by atoms with Crippen LogP contribution >= 0.6 is 0 Å². The molecule has 1 fully saturated rings. The summed E-state index contributed by atoms with van der Waals surface area (Å²) in [5.41, 5.74) is 6.67. The van der Waals surface area contributed by atoms with Crippen LogP contribution in [0, 0.1) is 0 Å². The van der Waals surface area contributed by atoms with Crippen LogP contribution in [0.25, 0.3) is 0 Å². The summed E-state index contributed by atoms with van der Waals surface area (Å²) in [4.78, 5) is 30.1. The average molecular weight is 286 g/mol. The summed E-state index contributed by atoms with van der Waals surface area (Å²) in [7, 11) is 0. The van der Waals surface area contributed by atoms with Gasteiger partial charge < -0.3 is 15.4 Å². The number of nitrogen functional groups attached to an aromatic ring is 1. The van der Waals surface area contributed by atoms with E-state index in [0.29, 0.717) is 36.9 Å². The second-order valence-electron chi connectivity index (χ2n) is 4.53. The third kappa shape index (κ3) is 2.79. The molecule has 3 rings (SSSR count). The summed E-state index contributed by atoms with van der Waals surface area (Å²) in [5.74, 6) is 0.134. The molecular weight excluding hydrogens is 272 g/mol. The molecule has 8 nitrogen and oxygen atoms in total. The maximum absolute atomic E-state index is 12.4. The summed E-state index contributed by atoms with van der Waals surface area (Å²) in [5, 5.41) is 0. The van der Waals surface area contributed by atoms with Crippen LogP contribution < -0.4 is 5.73 Å². The summed E-state index contributed by atoms with van der Waals surface area (Å²) in [6.07, 6.45) is 7.16. The normalized spacial score (nSPS) is 18.5. The van der Waals surface area contributed by atoms with Crippen molar-refractivity contribution >= 4 is 11.7 Å². The SMILES string of the molecule is Nc1nccnc1C1CN(C(=O)c2cnccn2)CCO1. The maximum atomic E-state index is 12.4. The van der Waals surface area contributed by atoms with Crippen molar-refractivity contribution in [2.75, 3.05) is 25.4 Å². The molecule has 1 amide bonds. The van der Waals surface area contributed by atoms with Gasteiger partial charge in [-0.15, -0.1) is 0 Å². The Bertz CT molecular complexity index is 636.